The van der Waals surface area contributed by atoms with E-state index in [1.165, 1.54) is 17.2 Å². The normalized spacial score (nSPS) is 14.6. The lowest BCUT2D eigenvalue weighted by Gasteiger charge is -2.26. The summed E-state index contributed by atoms with van der Waals surface area (Å²) >= 11 is 0. The molecule has 0 unspecified atom stereocenters. The minimum absolute atomic E-state index is 0.148. The number of benzene rings is 3. The van der Waals surface area contributed by atoms with Crippen LogP contribution in [0, 0.1) is 13.8 Å². The molecule has 0 radical (unpaired) electrons. The van der Waals surface area contributed by atoms with Gasteiger partial charge in [0.15, 0.2) is 11.5 Å². The summed E-state index contributed by atoms with van der Waals surface area (Å²) in [6, 6.07) is 17.7. The minimum atomic E-state index is -0.776. The van der Waals surface area contributed by atoms with Gasteiger partial charge < -0.3 is 9.47 Å². The van der Waals surface area contributed by atoms with E-state index in [4.69, 9.17) is 9.47 Å². The fourth-order valence-electron chi connectivity index (χ4n) is 4.00. The van der Waals surface area contributed by atoms with E-state index >= 15 is 0 Å². The number of barbiturate groups is 1. The van der Waals surface area contributed by atoms with Crippen molar-refractivity contribution in [2.24, 2.45) is 0 Å². The summed E-state index contributed by atoms with van der Waals surface area (Å²) in [5.74, 6) is -0.391. The molecule has 190 valence electrons. The summed E-state index contributed by atoms with van der Waals surface area (Å²) in [5, 5.41) is 2.26. The first-order valence-electron chi connectivity index (χ1n) is 12.3. The summed E-state index contributed by atoms with van der Waals surface area (Å²) in [7, 11) is 0. The average Bonchev–Trinajstić information content (AvgIpc) is 2.88. The van der Waals surface area contributed by atoms with Crippen LogP contribution in [0.1, 0.15) is 41.7 Å². The van der Waals surface area contributed by atoms with Gasteiger partial charge in [0.25, 0.3) is 11.8 Å². The Labute approximate surface area is 216 Å². The fourth-order valence-corrected chi connectivity index (χ4v) is 4.00. The van der Waals surface area contributed by atoms with Crippen LogP contribution in [-0.4, -0.2) is 24.5 Å². The molecule has 4 amide bonds. The maximum absolute atomic E-state index is 13.2. The molecule has 1 N–H and O–H groups in total. The third kappa shape index (κ3) is 5.72. The largest absolute Gasteiger partial charge is 0.490 e. The molecule has 0 saturated carbocycles. The SMILES string of the molecule is CCOc1cc(/C=C2\C(=O)NC(=O)N(c3ccc(CC)cc3)C2=O)ccc1OCc1ccc(C)c(C)c1. The molecule has 37 heavy (non-hydrogen) atoms. The molecule has 1 heterocycles. The Morgan fingerprint density at radius 1 is 0.811 bits per heavy atom. The van der Waals surface area contributed by atoms with E-state index in [0.29, 0.717) is 36.0 Å². The summed E-state index contributed by atoms with van der Waals surface area (Å²) in [6.07, 6.45) is 2.28. The van der Waals surface area contributed by atoms with Crippen molar-refractivity contribution in [1.82, 2.24) is 5.32 Å². The van der Waals surface area contributed by atoms with E-state index in [2.05, 4.69) is 31.3 Å². The predicted molar refractivity (Wildman–Crippen MR) is 143 cm³/mol. The maximum Gasteiger partial charge on any atom is 0.335 e. The number of anilines is 1. The maximum atomic E-state index is 13.2. The average molecular weight is 499 g/mol. The van der Waals surface area contributed by atoms with Crippen molar-refractivity contribution in [3.8, 4) is 11.5 Å². The molecule has 4 rings (SSSR count). The van der Waals surface area contributed by atoms with Crippen LogP contribution in [0.4, 0.5) is 10.5 Å². The Bertz CT molecular complexity index is 1380. The number of amides is 4. The van der Waals surface area contributed by atoms with Crippen molar-refractivity contribution < 1.29 is 23.9 Å². The Balaban J connectivity index is 1.59. The summed E-state index contributed by atoms with van der Waals surface area (Å²) in [5.41, 5.74) is 5.33. The van der Waals surface area contributed by atoms with Gasteiger partial charge in [-0.3, -0.25) is 14.9 Å². The molecule has 7 heteroatoms. The highest BCUT2D eigenvalue weighted by atomic mass is 16.5. The van der Waals surface area contributed by atoms with Gasteiger partial charge in [0.2, 0.25) is 0 Å². The lowest BCUT2D eigenvalue weighted by Crippen LogP contribution is -2.54. The topological polar surface area (TPSA) is 84.9 Å². The number of carbonyl (C=O) groups excluding carboxylic acids is 3. The van der Waals surface area contributed by atoms with Gasteiger partial charge in [0.1, 0.15) is 12.2 Å². The van der Waals surface area contributed by atoms with Gasteiger partial charge in [-0.15, -0.1) is 0 Å². The summed E-state index contributed by atoms with van der Waals surface area (Å²) in [4.78, 5) is 39.3. The van der Waals surface area contributed by atoms with E-state index in [0.717, 1.165) is 22.4 Å². The molecule has 1 saturated heterocycles. The molecule has 0 aliphatic carbocycles. The molecule has 7 nitrogen and oxygen atoms in total. The predicted octanol–water partition coefficient (Wildman–Crippen LogP) is 5.51. The van der Waals surface area contributed by atoms with E-state index in [-0.39, 0.29) is 5.57 Å². The number of imide groups is 2. The first-order chi connectivity index (χ1) is 17.8. The van der Waals surface area contributed by atoms with E-state index in [1.54, 1.807) is 30.3 Å². The molecule has 1 aliphatic heterocycles. The first-order valence-corrected chi connectivity index (χ1v) is 12.3. The van der Waals surface area contributed by atoms with Crippen LogP contribution in [-0.2, 0) is 22.6 Å². The van der Waals surface area contributed by atoms with Gasteiger partial charge in [0, 0.05) is 0 Å². The van der Waals surface area contributed by atoms with Crippen LogP contribution < -0.4 is 19.7 Å². The van der Waals surface area contributed by atoms with Crippen LogP contribution in [0.2, 0.25) is 0 Å². The van der Waals surface area contributed by atoms with E-state index < -0.39 is 17.8 Å². The lowest BCUT2D eigenvalue weighted by atomic mass is 10.1. The fraction of sp³-hybridized carbons (Fsp3) is 0.233. The van der Waals surface area contributed by atoms with Gasteiger partial charge in [-0.25, -0.2) is 9.69 Å². The van der Waals surface area contributed by atoms with Crippen molar-refractivity contribution >= 4 is 29.6 Å². The standard InChI is InChI=1S/C30H30N2O5/c1-5-21-9-12-24(13-10-21)32-29(34)25(28(33)31-30(32)35)16-22-11-14-26(27(17-22)36-6-2)37-18-23-8-7-19(3)20(4)15-23/h7-17H,5-6,18H2,1-4H3,(H,31,33,35)/b25-16+. The third-order valence-electron chi connectivity index (χ3n) is 6.25. The van der Waals surface area contributed by atoms with Crippen LogP contribution in [0.15, 0.2) is 66.2 Å². The molecule has 0 spiro atoms. The number of hydrogen-bond donors (Lipinski definition) is 1. The molecule has 0 atom stereocenters. The van der Waals surface area contributed by atoms with Crippen LogP contribution in [0.25, 0.3) is 6.08 Å². The lowest BCUT2D eigenvalue weighted by molar-refractivity contribution is -0.122. The number of nitrogens with one attached hydrogen (secondary N) is 1. The zero-order valence-corrected chi connectivity index (χ0v) is 21.5. The summed E-state index contributed by atoms with van der Waals surface area (Å²) < 4.78 is 11.8. The second-order valence-corrected chi connectivity index (χ2v) is 8.82. The zero-order valence-electron chi connectivity index (χ0n) is 21.5. The highest BCUT2D eigenvalue weighted by molar-refractivity contribution is 6.39. The number of carbonyl (C=O) groups is 3. The Hall–Kier alpha value is -4.39. The number of urea groups is 1. The minimum Gasteiger partial charge on any atom is -0.490 e. The van der Waals surface area contributed by atoms with Crippen molar-refractivity contribution in [3.63, 3.8) is 0 Å². The number of rotatable bonds is 8. The van der Waals surface area contributed by atoms with Crippen molar-refractivity contribution in [2.45, 2.75) is 40.7 Å². The Morgan fingerprint density at radius 2 is 1.54 bits per heavy atom. The number of aryl methyl sites for hydroxylation is 3. The molecule has 0 aromatic heterocycles. The highest BCUT2D eigenvalue weighted by Crippen LogP contribution is 2.31. The van der Waals surface area contributed by atoms with Crippen molar-refractivity contribution in [1.29, 1.82) is 0 Å². The molecule has 0 bridgehead atoms. The zero-order chi connectivity index (χ0) is 26.5. The third-order valence-corrected chi connectivity index (χ3v) is 6.25. The second-order valence-electron chi connectivity index (χ2n) is 8.82. The van der Waals surface area contributed by atoms with Gasteiger partial charge >= 0.3 is 6.03 Å². The summed E-state index contributed by atoms with van der Waals surface area (Å²) in [6.45, 7) is 8.79. The smallest absolute Gasteiger partial charge is 0.335 e. The molecular weight excluding hydrogens is 468 g/mol. The molecular formula is C30H30N2O5. The molecule has 3 aromatic rings. The number of nitrogens with zero attached hydrogens (tertiary/aromatic N) is 1. The first kappa shape index (κ1) is 25.7. The molecule has 1 fully saturated rings. The number of hydrogen-bond acceptors (Lipinski definition) is 5. The van der Waals surface area contributed by atoms with Crippen LogP contribution in [0.3, 0.4) is 0 Å². The number of ether oxygens (including phenoxy) is 2. The van der Waals surface area contributed by atoms with Crippen molar-refractivity contribution in [3.05, 3.63) is 94.1 Å². The second kappa shape index (κ2) is 11.1. The van der Waals surface area contributed by atoms with Gasteiger partial charge in [-0.05, 0) is 85.4 Å². The van der Waals surface area contributed by atoms with Gasteiger partial charge in [-0.2, -0.15) is 0 Å². The van der Waals surface area contributed by atoms with Crippen LogP contribution in [0.5, 0.6) is 11.5 Å². The molecule has 3 aromatic carbocycles. The van der Waals surface area contributed by atoms with Gasteiger partial charge in [-0.1, -0.05) is 43.3 Å². The monoisotopic (exact) mass is 498 g/mol. The quantitative estimate of drug-likeness (QED) is 0.327. The van der Waals surface area contributed by atoms with Crippen LogP contribution >= 0.6 is 0 Å². The molecule has 1 aliphatic rings. The van der Waals surface area contributed by atoms with Gasteiger partial charge in [0.05, 0.1) is 12.3 Å². The highest BCUT2D eigenvalue weighted by Gasteiger charge is 2.36. The van der Waals surface area contributed by atoms with E-state index in [9.17, 15) is 14.4 Å². The van der Waals surface area contributed by atoms with E-state index in [1.807, 2.05) is 32.0 Å². The Morgan fingerprint density at radius 3 is 2.22 bits per heavy atom. The Kier molecular flexibility index (Phi) is 7.72. The van der Waals surface area contributed by atoms with Crippen molar-refractivity contribution in [2.75, 3.05) is 11.5 Å².